The highest BCUT2D eigenvalue weighted by Crippen LogP contribution is 2.31. The molecule has 0 saturated carbocycles. The minimum absolute atomic E-state index is 0.492. The van der Waals surface area contributed by atoms with Gasteiger partial charge in [-0.25, -0.2) is 9.97 Å². The molecule has 176 valence electrons. The first kappa shape index (κ1) is 22.9. The quantitative estimate of drug-likeness (QED) is 0.358. The summed E-state index contributed by atoms with van der Waals surface area (Å²) in [7, 11) is 0. The minimum Gasteiger partial charge on any atom is -0.457 e. The highest BCUT2D eigenvalue weighted by Gasteiger charge is 2.26. The van der Waals surface area contributed by atoms with Crippen molar-refractivity contribution in [3.05, 3.63) is 83.7 Å². The van der Waals surface area contributed by atoms with Crippen molar-refractivity contribution in [3.63, 3.8) is 0 Å². The van der Waals surface area contributed by atoms with Crippen LogP contribution in [-0.2, 0) is 0 Å². The van der Waals surface area contributed by atoms with Gasteiger partial charge in [0, 0.05) is 23.2 Å². The lowest BCUT2D eigenvalue weighted by atomic mass is 9.94. The number of nitrogens with one attached hydrogen (secondary N) is 2. The molecule has 1 fully saturated rings. The summed E-state index contributed by atoms with van der Waals surface area (Å²) in [6.07, 6.45) is 3.15. The molecule has 35 heavy (non-hydrogen) atoms. The molecule has 0 radical (unpaired) electrons. The van der Waals surface area contributed by atoms with Crippen molar-refractivity contribution in [2.45, 2.75) is 32.3 Å². The van der Waals surface area contributed by atoms with E-state index in [1.165, 1.54) is 0 Å². The van der Waals surface area contributed by atoms with Gasteiger partial charge in [0.25, 0.3) is 0 Å². The maximum absolute atomic E-state index is 10.7. The Morgan fingerprint density at radius 2 is 1.86 bits per heavy atom. The van der Waals surface area contributed by atoms with E-state index in [0.717, 1.165) is 57.7 Å². The second-order valence-electron chi connectivity index (χ2n) is 8.99. The summed E-state index contributed by atoms with van der Waals surface area (Å²) in [6.45, 7) is 5.47. The highest BCUT2D eigenvalue weighted by atomic mass is 16.5. The predicted molar refractivity (Wildman–Crippen MR) is 139 cm³/mol. The number of piperidine rings is 1. The monoisotopic (exact) mass is 464 g/mol. The number of ether oxygens (including phenoxy) is 1. The van der Waals surface area contributed by atoms with Crippen LogP contribution in [0.15, 0.2) is 67.0 Å². The summed E-state index contributed by atoms with van der Waals surface area (Å²) in [5.41, 5.74) is 3.65. The highest BCUT2D eigenvalue weighted by molar-refractivity contribution is 5.91. The summed E-state index contributed by atoms with van der Waals surface area (Å²) >= 11 is 0. The SMILES string of the molecule is Cc1ccccc1Oc1ccc(Nc2ncnc3ccc(C#CC4(O)CCCNC4)cc23)cc1C. The van der Waals surface area contributed by atoms with Gasteiger partial charge in [0.05, 0.1) is 5.52 Å². The van der Waals surface area contributed by atoms with E-state index >= 15 is 0 Å². The van der Waals surface area contributed by atoms with Gasteiger partial charge >= 0.3 is 0 Å². The fourth-order valence-corrected chi connectivity index (χ4v) is 4.19. The van der Waals surface area contributed by atoms with Crippen molar-refractivity contribution >= 4 is 22.4 Å². The number of rotatable bonds is 4. The Bertz CT molecular complexity index is 1430. The van der Waals surface area contributed by atoms with E-state index in [2.05, 4.69) is 32.4 Å². The Morgan fingerprint density at radius 3 is 2.66 bits per heavy atom. The molecule has 6 nitrogen and oxygen atoms in total. The predicted octanol–water partition coefficient (Wildman–Crippen LogP) is 5.25. The van der Waals surface area contributed by atoms with Gasteiger partial charge in [-0.05, 0) is 86.8 Å². The zero-order valence-corrected chi connectivity index (χ0v) is 19.9. The standard InChI is InChI=1S/C29H28N4O2/c1-20-6-3-4-7-26(20)35-27-11-9-23(16-21(27)2)33-28-24-17-22(8-10-25(24)31-19-32-28)12-14-29(34)13-5-15-30-18-29/h3-4,6-11,16-17,19,30,34H,5,13,15,18H2,1-2H3,(H,31,32,33). The van der Waals surface area contributed by atoms with Crippen molar-refractivity contribution in [1.82, 2.24) is 15.3 Å². The lowest BCUT2D eigenvalue weighted by Crippen LogP contribution is -2.44. The first-order valence-corrected chi connectivity index (χ1v) is 11.8. The fraction of sp³-hybridized carbons (Fsp3) is 0.241. The smallest absolute Gasteiger partial charge is 0.141 e. The molecule has 1 aromatic heterocycles. The Morgan fingerprint density at radius 1 is 1.00 bits per heavy atom. The Labute approximate surface area is 205 Å². The van der Waals surface area contributed by atoms with E-state index in [0.29, 0.717) is 18.8 Å². The molecule has 4 aromatic rings. The number of anilines is 2. The molecule has 1 aliphatic rings. The van der Waals surface area contributed by atoms with Crippen LogP contribution in [-0.4, -0.2) is 33.8 Å². The Balaban J connectivity index is 1.39. The summed E-state index contributed by atoms with van der Waals surface area (Å²) in [4.78, 5) is 8.87. The van der Waals surface area contributed by atoms with Gasteiger partial charge in [-0.2, -0.15) is 0 Å². The third-order valence-electron chi connectivity index (χ3n) is 6.19. The zero-order chi connectivity index (χ0) is 24.3. The van der Waals surface area contributed by atoms with Crippen molar-refractivity contribution in [3.8, 4) is 23.3 Å². The molecular formula is C29H28N4O2. The Hall–Kier alpha value is -3.92. The molecule has 6 heteroatoms. The second-order valence-corrected chi connectivity index (χ2v) is 8.99. The van der Waals surface area contributed by atoms with Gasteiger partial charge in [0.1, 0.15) is 29.2 Å². The van der Waals surface area contributed by atoms with Gasteiger partial charge in [-0.15, -0.1) is 0 Å². The number of aliphatic hydroxyl groups is 1. The van der Waals surface area contributed by atoms with Crippen LogP contribution in [0.4, 0.5) is 11.5 Å². The molecule has 0 bridgehead atoms. The van der Waals surface area contributed by atoms with E-state index in [4.69, 9.17) is 4.74 Å². The topological polar surface area (TPSA) is 79.3 Å². The molecule has 1 unspecified atom stereocenters. The largest absolute Gasteiger partial charge is 0.457 e. The van der Waals surface area contributed by atoms with Crippen LogP contribution in [0.3, 0.4) is 0 Å². The number of benzene rings is 3. The summed E-state index contributed by atoms with van der Waals surface area (Å²) in [5, 5.41) is 18.2. The molecule has 3 N–H and O–H groups in total. The second kappa shape index (κ2) is 9.75. The zero-order valence-electron chi connectivity index (χ0n) is 19.9. The summed E-state index contributed by atoms with van der Waals surface area (Å²) < 4.78 is 6.12. The molecule has 0 spiro atoms. The van der Waals surface area contributed by atoms with E-state index in [1.54, 1.807) is 6.33 Å². The van der Waals surface area contributed by atoms with Crippen LogP contribution >= 0.6 is 0 Å². The van der Waals surface area contributed by atoms with E-state index < -0.39 is 5.60 Å². The molecule has 3 aromatic carbocycles. The maximum Gasteiger partial charge on any atom is 0.141 e. The molecule has 1 saturated heterocycles. The van der Waals surface area contributed by atoms with Gasteiger partial charge in [0.15, 0.2) is 0 Å². The van der Waals surface area contributed by atoms with Gasteiger partial charge in [-0.3, -0.25) is 0 Å². The molecule has 2 heterocycles. The molecule has 1 atom stereocenters. The van der Waals surface area contributed by atoms with Crippen LogP contribution in [0.25, 0.3) is 10.9 Å². The third-order valence-corrected chi connectivity index (χ3v) is 6.19. The average Bonchev–Trinajstić information content (AvgIpc) is 2.86. The lowest BCUT2D eigenvalue weighted by Gasteiger charge is -2.27. The van der Waals surface area contributed by atoms with Crippen molar-refractivity contribution in [2.24, 2.45) is 0 Å². The summed E-state index contributed by atoms with van der Waals surface area (Å²) in [6, 6.07) is 19.8. The number of hydrogen-bond donors (Lipinski definition) is 3. The number of aromatic nitrogens is 2. The van der Waals surface area contributed by atoms with E-state index in [9.17, 15) is 5.11 Å². The van der Waals surface area contributed by atoms with Gasteiger partial charge < -0.3 is 20.5 Å². The van der Waals surface area contributed by atoms with Gasteiger partial charge in [-0.1, -0.05) is 30.0 Å². The average molecular weight is 465 g/mol. The minimum atomic E-state index is -0.985. The van der Waals surface area contributed by atoms with E-state index in [-0.39, 0.29) is 0 Å². The number of hydrogen-bond acceptors (Lipinski definition) is 6. The van der Waals surface area contributed by atoms with E-state index in [1.807, 2.05) is 74.5 Å². The normalized spacial score (nSPS) is 17.5. The molecular weight excluding hydrogens is 436 g/mol. The number of β-amino-alcohol motifs (C(OH)–C–C–N with tert-alkyl or cyclic N) is 1. The molecule has 0 amide bonds. The van der Waals surface area contributed by atoms with Crippen LogP contribution < -0.4 is 15.4 Å². The van der Waals surface area contributed by atoms with Gasteiger partial charge in [0.2, 0.25) is 0 Å². The molecule has 0 aliphatic carbocycles. The first-order valence-electron chi connectivity index (χ1n) is 11.8. The van der Waals surface area contributed by atoms with Crippen molar-refractivity contribution in [2.75, 3.05) is 18.4 Å². The van der Waals surface area contributed by atoms with Crippen LogP contribution in [0.1, 0.15) is 29.5 Å². The lowest BCUT2D eigenvalue weighted by molar-refractivity contribution is 0.0736. The van der Waals surface area contributed by atoms with Crippen LogP contribution in [0.5, 0.6) is 11.5 Å². The van der Waals surface area contributed by atoms with Crippen molar-refractivity contribution in [1.29, 1.82) is 0 Å². The first-order chi connectivity index (χ1) is 17.0. The maximum atomic E-state index is 10.7. The van der Waals surface area contributed by atoms with Crippen molar-refractivity contribution < 1.29 is 9.84 Å². The molecule has 1 aliphatic heterocycles. The summed E-state index contributed by atoms with van der Waals surface area (Å²) in [5.74, 6) is 8.55. The van der Waals surface area contributed by atoms with Crippen LogP contribution in [0.2, 0.25) is 0 Å². The number of nitrogens with zero attached hydrogens (tertiary/aromatic N) is 2. The molecule has 5 rings (SSSR count). The van der Waals surface area contributed by atoms with Crippen LogP contribution in [0, 0.1) is 25.7 Å². The number of aryl methyl sites for hydroxylation is 2. The third kappa shape index (κ3) is 5.27. The Kier molecular flexibility index (Phi) is 6.37. The fourth-order valence-electron chi connectivity index (χ4n) is 4.19. The number of para-hydroxylation sites is 1. The number of fused-ring (bicyclic) bond motifs is 1.